The standard InChI is InChI=1S/C27H38O7/c1-13-16-11-17(31-14(2)28)21-26(8)18(24(4,5)10-9-19(26)32-15(3)29)12-20-27(21,22(13)30)23(16)34-25(6,7)33-20/h16-21,23H,1,9-12H2,2-8H3/t16-,17-,18+,19+,20+,21?,23+,26-,27+/m0/s1. The van der Waals surface area contributed by atoms with Gasteiger partial charge in [0.1, 0.15) is 12.2 Å². The fraction of sp³-hybridized carbons (Fsp3) is 0.815. The molecule has 7 nitrogen and oxygen atoms in total. The molecule has 1 heterocycles. The molecule has 5 fully saturated rings. The summed E-state index contributed by atoms with van der Waals surface area (Å²) in [4.78, 5) is 38.7. The van der Waals surface area contributed by atoms with Crippen LogP contribution in [0.15, 0.2) is 12.2 Å². The lowest BCUT2D eigenvalue weighted by atomic mass is 9.38. The van der Waals surface area contributed by atoms with E-state index >= 15 is 0 Å². The molecule has 0 N–H and O–H groups in total. The molecule has 0 amide bonds. The van der Waals surface area contributed by atoms with Crippen LogP contribution < -0.4 is 0 Å². The largest absolute Gasteiger partial charge is 0.462 e. The summed E-state index contributed by atoms with van der Waals surface area (Å²) in [7, 11) is 0. The maximum absolute atomic E-state index is 14.2. The minimum absolute atomic E-state index is 0.0349. The number of ether oxygens (including phenoxy) is 4. The van der Waals surface area contributed by atoms with Gasteiger partial charge in [-0.1, -0.05) is 27.4 Å². The van der Waals surface area contributed by atoms with Crippen LogP contribution >= 0.6 is 0 Å². The van der Waals surface area contributed by atoms with Crippen molar-refractivity contribution in [2.45, 2.75) is 104 Å². The molecule has 9 atom stereocenters. The van der Waals surface area contributed by atoms with E-state index < -0.39 is 47.0 Å². The van der Waals surface area contributed by atoms with Crippen molar-refractivity contribution in [3.63, 3.8) is 0 Å². The fourth-order valence-electron chi connectivity index (χ4n) is 8.98. The first kappa shape index (κ1) is 24.0. The Morgan fingerprint density at radius 3 is 2.26 bits per heavy atom. The van der Waals surface area contributed by atoms with E-state index in [1.54, 1.807) is 0 Å². The molecule has 5 aliphatic rings. The second-order valence-corrected chi connectivity index (χ2v) is 12.6. The first-order valence-electron chi connectivity index (χ1n) is 12.6. The zero-order valence-corrected chi connectivity index (χ0v) is 21.4. The number of hydrogen-bond acceptors (Lipinski definition) is 7. The highest BCUT2D eigenvalue weighted by molar-refractivity contribution is 6.05. The lowest BCUT2D eigenvalue weighted by molar-refractivity contribution is -0.393. The molecule has 0 aromatic carbocycles. The van der Waals surface area contributed by atoms with Crippen molar-refractivity contribution in [3.05, 3.63) is 12.2 Å². The summed E-state index contributed by atoms with van der Waals surface area (Å²) in [6, 6.07) is 0. The number of Topliss-reactive ketones (excluding diaryl/α,β-unsaturated/α-hetero) is 1. The van der Waals surface area contributed by atoms with E-state index in [1.165, 1.54) is 13.8 Å². The lowest BCUT2D eigenvalue weighted by Crippen LogP contribution is -2.76. The van der Waals surface area contributed by atoms with Crippen LogP contribution in [-0.4, -0.2) is 47.9 Å². The summed E-state index contributed by atoms with van der Waals surface area (Å²) >= 11 is 0. The van der Waals surface area contributed by atoms with Crippen LogP contribution in [-0.2, 0) is 33.3 Å². The Labute approximate surface area is 201 Å². The minimum atomic E-state index is -1.02. The van der Waals surface area contributed by atoms with E-state index in [9.17, 15) is 14.4 Å². The Bertz CT molecular complexity index is 966. The van der Waals surface area contributed by atoms with Gasteiger partial charge in [-0.05, 0) is 56.4 Å². The molecule has 0 aromatic heterocycles. The molecule has 1 unspecified atom stereocenters. The number of carbonyl (C=O) groups excluding carboxylic acids is 3. The molecule has 1 saturated heterocycles. The van der Waals surface area contributed by atoms with Crippen molar-refractivity contribution in [1.29, 1.82) is 0 Å². The highest BCUT2D eigenvalue weighted by Gasteiger charge is 2.81. The van der Waals surface area contributed by atoms with Crippen molar-refractivity contribution in [1.82, 2.24) is 0 Å². The van der Waals surface area contributed by atoms with Crippen LogP contribution in [0.2, 0.25) is 0 Å². The Hall–Kier alpha value is -1.73. The topological polar surface area (TPSA) is 88.1 Å². The zero-order valence-electron chi connectivity index (χ0n) is 21.4. The van der Waals surface area contributed by atoms with Gasteiger partial charge in [0.05, 0.1) is 17.6 Å². The quantitative estimate of drug-likeness (QED) is 0.442. The van der Waals surface area contributed by atoms with Crippen molar-refractivity contribution in [2.24, 2.45) is 34.0 Å². The summed E-state index contributed by atoms with van der Waals surface area (Å²) < 4.78 is 25.1. The smallest absolute Gasteiger partial charge is 0.302 e. The first-order valence-corrected chi connectivity index (χ1v) is 12.6. The summed E-state index contributed by atoms with van der Waals surface area (Å²) in [5.41, 5.74) is -1.17. The Balaban J connectivity index is 1.77. The summed E-state index contributed by atoms with van der Waals surface area (Å²) in [6.07, 6.45) is 1.00. The van der Waals surface area contributed by atoms with Crippen molar-refractivity contribution < 1.29 is 33.3 Å². The van der Waals surface area contributed by atoms with Crippen LogP contribution in [0, 0.1) is 34.0 Å². The van der Waals surface area contributed by atoms with Gasteiger partial charge in [0.2, 0.25) is 0 Å². The molecule has 188 valence electrons. The van der Waals surface area contributed by atoms with E-state index in [0.717, 1.165) is 6.42 Å². The van der Waals surface area contributed by atoms with Gasteiger partial charge in [0.25, 0.3) is 0 Å². The highest BCUT2D eigenvalue weighted by atomic mass is 16.7. The molecule has 34 heavy (non-hydrogen) atoms. The summed E-state index contributed by atoms with van der Waals surface area (Å²) in [5, 5.41) is 0. The van der Waals surface area contributed by atoms with Gasteiger partial charge in [-0.3, -0.25) is 14.4 Å². The average molecular weight is 475 g/mol. The Morgan fingerprint density at radius 2 is 1.65 bits per heavy atom. The Kier molecular flexibility index (Phi) is 5.05. The van der Waals surface area contributed by atoms with E-state index in [0.29, 0.717) is 24.8 Å². The predicted octanol–water partition coefficient (Wildman–Crippen LogP) is 3.98. The zero-order chi connectivity index (χ0) is 25.0. The molecule has 4 aliphatic carbocycles. The second kappa shape index (κ2) is 7.16. The SMILES string of the molecule is C=C1C(=O)[C@@]23C4[C@@H](OC(C)=O)C[C@@H]1[C@H]2OC(C)(C)O[C@@H]3C[C@@H]1C(C)(C)CC[C@@H](OC(C)=O)[C@@]41C. The highest BCUT2D eigenvalue weighted by Crippen LogP contribution is 2.74. The van der Waals surface area contributed by atoms with Crippen LogP contribution in [0.3, 0.4) is 0 Å². The fourth-order valence-corrected chi connectivity index (χ4v) is 8.98. The number of hydrogen-bond donors (Lipinski definition) is 0. The number of carbonyl (C=O) groups is 3. The maximum atomic E-state index is 14.2. The predicted molar refractivity (Wildman–Crippen MR) is 122 cm³/mol. The van der Waals surface area contributed by atoms with Gasteiger partial charge in [0, 0.05) is 31.1 Å². The monoisotopic (exact) mass is 474 g/mol. The van der Waals surface area contributed by atoms with E-state index in [-0.39, 0.29) is 35.0 Å². The second-order valence-electron chi connectivity index (χ2n) is 12.6. The molecular weight excluding hydrogens is 436 g/mol. The van der Waals surface area contributed by atoms with Gasteiger partial charge in [-0.2, -0.15) is 0 Å². The van der Waals surface area contributed by atoms with Crippen LogP contribution in [0.5, 0.6) is 0 Å². The van der Waals surface area contributed by atoms with E-state index in [1.807, 2.05) is 13.8 Å². The van der Waals surface area contributed by atoms with Gasteiger partial charge >= 0.3 is 11.9 Å². The molecule has 4 saturated carbocycles. The molecule has 1 spiro atoms. The number of esters is 2. The van der Waals surface area contributed by atoms with Crippen molar-refractivity contribution in [3.8, 4) is 0 Å². The summed E-state index contributed by atoms with van der Waals surface area (Å²) in [5.74, 6) is -2.15. The number of rotatable bonds is 2. The molecule has 1 aliphatic heterocycles. The van der Waals surface area contributed by atoms with Gasteiger partial charge in [0.15, 0.2) is 11.6 Å². The third-order valence-corrected chi connectivity index (χ3v) is 9.90. The summed E-state index contributed by atoms with van der Waals surface area (Å²) in [6.45, 7) is 17.5. The molecule has 2 bridgehead atoms. The van der Waals surface area contributed by atoms with Gasteiger partial charge in [-0.15, -0.1) is 0 Å². The molecule has 0 radical (unpaired) electrons. The normalized spacial score (nSPS) is 47.9. The third kappa shape index (κ3) is 2.92. The Morgan fingerprint density at radius 1 is 1.00 bits per heavy atom. The molecule has 7 heteroatoms. The minimum Gasteiger partial charge on any atom is -0.462 e. The van der Waals surface area contributed by atoms with Gasteiger partial charge in [-0.25, -0.2) is 0 Å². The van der Waals surface area contributed by atoms with Crippen LogP contribution in [0.4, 0.5) is 0 Å². The lowest BCUT2D eigenvalue weighted by Gasteiger charge is -2.70. The molecule has 0 aromatic rings. The van der Waals surface area contributed by atoms with Crippen molar-refractivity contribution >= 4 is 17.7 Å². The van der Waals surface area contributed by atoms with Crippen LogP contribution in [0.25, 0.3) is 0 Å². The van der Waals surface area contributed by atoms with Crippen molar-refractivity contribution in [2.75, 3.05) is 0 Å². The van der Waals surface area contributed by atoms with E-state index in [4.69, 9.17) is 18.9 Å². The third-order valence-electron chi connectivity index (χ3n) is 9.90. The maximum Gasteiger partial charge on any atom is 0.302 e. The molecule has 5 rings (SSSR count). The van der Waals surface area contributed by atoms with Crippen LogP contribution in [0.1, 0.15) is 74.1 Å². The number of ketones is 1. The average Bonchev–Trinajstić information content (AvgIpc) is 2.82. The number of fused-ring (bicyclic) bond motifs is 2. The van der Waals surface area contributed by atoms with Gasteiger partial charge < -0.3 is 18.9 Å². The van der Waals surface area contributed by atoms with E-state index in [2.05, 4.69) is 27.4 Å². The first-order chi connectivity index (χ1) is 15.7. The molecular formula is C27H38O7.